The van der Waals surface area contributed by atoms with Gasteiger partial charge in [0, 0.05) is 5.39 Å². The summed E-state index contributed by atoms with van der Waals surface area (Å²) >= 11 is 0. The van der Waals surface area contributed by atoms with Crippen LogP contribution in [0.15, 0.2) is 24.3 Å². The quantitative estimate of drug-likeness (QED) is 0.535. The van der Waals surface area contributed by atoms with Gasteiger partial charge in [-0.05, 0) is 36.8 Å². The number of halogens is 1. The smallest absolute Gasteiger partial charge is 0.149 e. The third kappa shape index (κ3) is 1.40. The molecule has 3 N–H and O–H groups in total. The van der Waals surface area contributed by atoms with Crippen molar-refractivity contribution in [2.24, 2.45) is 5.84 Å². The largest absolute Gasteiger partial charge is 0.308 e. The van der Waals surface area contributed by atoms with E-state index in [9.17, 15) is 4.39 Å². The molecule has 0 aliphatic rings. The molecule has 0 aliphatic heterocycles. The third-order valence-corrected chi connectivity index (χ3v) is 2.04. The lowest BCUT2D eigenvalue weighted by molar-refractivity contribution is 0.636. The maximum Gasteiger partial charge on any atom is 0.149 e. The van der Waals surface area contributed by atoms with Crippen LogP contribution in [-0.4, -0.2) is 4.98 Å². The molecule has 72 valence electrons. The van der Waals surface area contributed by atoms with Gasteiger partial charge in [0.2, 0.25) is 0 Å². The fourth-order valence-corrected chi connectivity index (χ4v) is 1.41. The fraction of sp³-hybridized carbons (Fsp3) is 0.100. The van der Waals surface area contributed by atoms with Gasteiger partial charge < -0.3 is 5.43 Å². The van der Waals surface area contributed by atoms with E-state index < -0.39 is 0 Å². The van der Waals surface area contributed by atoms with Gasteiger partial charge in [0.05, 0.1) is 0 Å². The Morgan fingerprint density at radius 3 is 2.86 bits per heavy atom. The van der Waals surface area contributed by atoms with Crippen LogP contribution >= 0.6 is 0 Å². The minimum Gasteiger partial charge on any atom is -0.308 e. The first kappa shape index (κ1) is 8.90. The van der Waals surface area contributed by atoms with Crippen LogP contribution in [-0.2, 0) is 0 Å². The van der Waals surface area contributed by atoms with Crippen LogP contribution in [0.4, 0.5) is 10.2 Å². The predicted octanol–water partition coefficient (Wildman–Crippen LogP) is 1.97. The van der Waals surface area contributed by atoms with E-state index in [1.165, 1.54) is 6.07 Å². The summed E-state index contributed by atoms with van der Waals surface area (Å²) in [5.41, 5.74) is 3.60. The molecule has 2 rings (SSSR count). The van der Waals surface area contributed by atoms with Crippen LogP contribution in [0.25, 0.3) is 10.9 Å². The van der Waals surface area contributed by atoms with Gasteiger partial charge in [-0.25, -0.2) is 15.2 Å². The number of benzene rings is 1. The second-order valence-corrected chi connectivity index (χ2v) is 3.16. The van der Waals surface area contributed by atoms with E-state index in [1.54, 1.807) is 12.1 Å². The molecular weight excluding hydrogens is 181 g/mol. The topological polar surface area (TPSA) is 50.9 Å². The van der Waals surface area contributed by atoms with Gasteiger partial charge in [0.1, 0.15) is 17.2 Å². The van der Waals surface area contributed by atoms with Crippen LogP contribution in [0.2, 0.25) is 0 Å². The number of hydrogen-bond donors (Lipinski definition) is 2. The summed E-state index contributed by atoms with van der Waals surface area (Å²) < 4.78 is 13.4. The molecule has 1 aromatic heterocycles. The molecule has 2 aromatic rings. The van der Waals surface area contributed by atoms with Gasteiger partial charge in [0.25, 0.3) is 0 Å². The Hall–Kier alpha value is -1.68. The van der Waals surface area contributed by atoms with E-state index in [4.69, 9.17) is 5.84 Å². The lowest BCUT2D eigenvalue weighted by Gasteiger charge is -2.03. The summed E-state index contributed by atoms with van der Waals surface area (Å²) in [5, 5.41) is 0.779. The molecular formula is C10H10FN3. The Morgan fingerprint density at radius 2 is 2.14 bits per heavy atom. The molecule has 0 fully saturated rings. The van der Waals surface area contributed by atoms with Crippen LogP contribution in [0.5, 0.6) is 0 Å². The van der Waals surface area contributed by atoms with Gasteiger partial charge in [0.15, 0.2) is 0 Å². The molecule has 3 nitrogen and oxygen atoms in total. The number of fused-ring (bicyclic) bond motifs is 1. The number of aryl methyl sites for hydroxylation is 1. The third-order valence-electron chi connectivity index (χ3n) is 2.04. The van der Waals surface area contributed by atoms with Crippen molar-refractivity contribution in [2.45, 2.75) is 6.92 Å². The Labute approximate surface area is 80.7 Å². The average molecular weight is 191 g/mol. The maximum atomic E-state index is 13.4. The van der Waals surface area contributed by atoms with E-state index in [0.717, 1.165) is 10.9 Å². The molecule has 14 heavy (non-hydrogen) atoms. The number of nitrogen functional groups attached to an aromatic ring is 1. The van der Waals surface area contributed by atoms with Gasteiger partial charge in [-0.15, -0.1) is 0 Å². The minimum absolute atomic E-state index is 0.322. The average Bonchev–Trinajstić information content (AvgIpc) is 2.17. The zero-order valence-electron chi connectivity index (χ0n) is 7.71. The van der Waals surface area contributed by atoms with E-state index >= 15 is 0 Å². The fourth-order valence-electron chi connectivity index (χ4n) is 1.41. The van der Waals surface area contributed by atoms with Crippen LogP contribution in [0.3, 0.4) is 0 Å². The second-order valence-electron chi connectivity index (χ2n) is 3.16. The van der Waals surface area contributed by atoms with Crippen molar-refractivity contribution in [2.75, 3.05) is 5.43 Å². The lowest BCUT2D eigenvalue weighted by atomic mass is 10.1. The van der Waals surface area contributed by atoms with Crippen molar-refractivity contribution < 1.29 is 4.39 Å². The van der Waals surface area contributed by atoms with Crippen molar-refractivity contribution in [3.8, 4) is 0 Å². The predicted molar refractivity (Wildman–Crippen MR) is 54.2 cm³/mol. The van der Waals surface area contributed by atoms with Crippen LogP contribution in [0, 0.1) is 12.7 Å². The molecule has 0 bridgehead atoms. The van der Waals surface area contributed by atoms with Gasteiger partial charge in [-0.3, -0.25) is 0 Å². The maximum absolute atomic E-state index is 13.4. The van der Waals surface area contributed by atoms with Crippen molar-refractivity contribution in [3.63, 3.8) is 0 Å². The summed E-state index contributed by atoms with van der Waals surface area (Å²) in [6.07, 6.45) is 0. The van der Waals surface area contributed by atoms with Gasteiger partial charge in [-0.1, -0.05) is 0 Å². The number of pyridine rings is 1. The molecule has 0 radical (unpaired) electrons. The first-order valence-corrected chi connectivity index (χ1v) is 4.24. The van der Waals surface area contributed by atoms with Crippen LogP contribution < -0.4 is 11.3 Å². The molecule has 0 amide bonds. The Kier molecular flexibility index (Phi) is 2.05. The number of hydrogen-bond acceptors (Lipinski definition) is 3. The lowest BCUT2D eigenvalue weighted by Crippen LogP contribution is -2.08. The van der Waals surface area contributed by atoms with Crippen molar-refractivity contribution in [1.29, 1.82) is 0 Å². The van der Waals surface area contributed by atoms with Crippen LogP contribution in [0.1, 0.15) is 5.56 Å². The van der Waals surface area contributed by atoms with Crippen molar-refractivity contribution >= 4 is 16.7 Å². The van der Waals surface area contributed by atoms with Gasteiger partial charge >= 0.3 is 0 Å². The van der Waals surface area contributed by atoms with Gasteiger partial charge in [-0.2, -0.15) is 0 Å². The molecule has 4 heteroatoms. The number of anilines is 1. The summed E-state index contributed by atoms with van der Waals surface area (Å²) in [4.78, 5) is 4.02. The van der Waals surface area contributed by atoms with Crippen molar-refractivity contribution in [1.82, 2.24) is 4.98 Å². The molecule has 0 spiro atoms. The van der Waals surface area contributed by atoms with Crippen molar-refractivity contribution in [3.05, 3.63) is 35.6 Å². The molecule has 0 saturated carbocycles. The minimum atomic E-state index is -0.322. The van der Waals surface area contributed by atoms with E-state index in [-0.39, 0.29) is 5.82 Å². The number of nitrogens with two attached hydrogens (primary N) is 1. The van der Waals surface area contributed by atoms with E-state index in [0.29, 0.717) is 11.3 Å². The Balaban J connectivity index is 2.75. The molecule has 0 atom stereocenters. The molecule has 0 aliphatic carbocycles. The number of rotatable bonds is 1. The standard InChI is InChI=1S/C10H10FN3/c1-6-4-7-2-3-9(14-12)13-10(7)8(11)5-6/h2-5H,12H2,1H3,(H,13,14). The second kappa shape index (κ2) is 3.23. The van der Waals surface area contributed by atoms with E-state index in [2.05, 4.69) is 10.4 Å². The molecule has 1 heterocycles. The van der Waals surface area contributed by atoms with E-state index in [1.807, 2.05) is 13.0 Å². The normalized spacial score (nSPS) is 10.5. The zero-order chi connectivity index (χ0) is 10.1. The number of aromatic nitrogens is 1. The Morgan fingerprint density at radius 1 is 1.36 bits per heavy atom. The monoisotopic (exact) mass is 191 g/mol. The Bertz CT molecular complexity index is 482. The zero-order valence-corrected chi connectivity index (χ0v) is 7.71. The summed E-state index contributed by atoms with van der Waals surface area (Å²) in [5.74, 6) is 5.32. The summed E-state index contributed by atoms with van der Waals surface area (Å²) in [6, 6.07) is 6.83. The SMILES string of the molecule is Cc1cc(F)c2nc(NN)ccc2c1. The highest BCUT2D eigenvalue weighted by Crippen LogP contribution is 2.19. The first-order chi connectivity index (χ1) is 6.70. The summed E-state index contributed by atoms with van der Waals surface area (Å²) in [7, 11) is 0. The molecule has 0 unspecified atom stereocenters. The number of hydrazine groups is 1. The number of nitrogens with zero attached hydrogens (tertiary/aromatic N) is 1. The summed E-state index contributed by atoms with van der Waals surface area (Å²) in [6.45, 7) is 1.84. The number of nitrogens with one attached hydrogen (secondary N) is 1. The first-order valence-electron chi connectivity index (χ1n) is 4.24. The highest BCUT2D eigenvalue weighted by Gasteiger charge is 2.03. The highest BCUT2D eigenvalue weighted by atomic mass is 19.1. The highest BCUT2D eigenvalue weighted by molar-refractivity contribution is 5.81. The molecule has 0 saturated heterocycles. The molecule has 1 aromatic carbocycles.